The Kier molecular flexibility index (Phi) is 4.70. The van der Waals surface area contributed by atoms with E-state index in [1.165, 1.54) is 0 Å². The van der Waals surface area contributed by atoms with E-state index in [4.69, 9.17) is 0 Å². The molecule has 0 aliphatic rings. The van der Waals surface area contributed by atoms with Crippen LogP contribution in [0.5, 0.6) is 0 Å². The normalized spacial score (nSPS) is 12.1. The molecule has 0 N–H and O–H groups in total. The van der Waals surface area contributed by atoms with Gasteiger partial charge in [0.2, 0.25) is 0 Å². The van der Waals surface area contributed by atoms with Crippen molar-refractivity contribution in [3.8, 4) is 0 Å². The van der Waals surface area contributed by atoms with E-state index in [-0.39, 0.29) is 13.2 Å². The Labute approximate surface area is 87.0 Å². The summed E-state index contributed by atoms with van der Waals surface area (Å²) in [5, 5.41) is 0. The lowest BCUT2D eigenvalue weighted by Gasteiger charge is -2.07. The fourth-order valence-corrected chi connectivity index (χ4v) is 0.918. The minimum atomic E-state index is -2.05. The molecule has 15 heavy (non-hydrogen) atoms. The number of hydrogen-bond donors (Lipinski definition) is 0. The molecule has 0 aliphatic heterocycles. The third-order valence-corrected chi connectivity index (χ3v) is 1.58. The monoisotopic (exact) mass is 213 g/mol. The van der Waals surface area contributed by atoms with E-state index < -0.39 is 12.3 Å². The Morgan fingerprint density at radius 1 is 1.60 bits per heavy atom. The zero-order valence-electron chi connectivity index (χ0n) is 8.35. The summed E-state index contributed by atoms with van der Waals surface area (Å²) in [5.41, 5.74) is 0.560. The quantitative estimate of drug-likeness (QED) is 0.695. The van der Waals surface area contributed by atoms with Crippen LogP contribution in [0.3, 0.4) is 0 Å². The van der Waals surface area contributed by atoms with Gasteiger partial charge in [0.05, 0.1) is 18.9 Å². The highest BCUT2D eigenvalue weighted by Gasteiger charge is 2.18. The average molecular weight is 213 g/mol. The SMILES string of the molecule is CCOC(=O)C(F)OCc1ccccn1. The highest BCUT2D eigenvalue weighted by atomic mass is 19.1. The van der Waals surface area contributed by atoms with Gasteiger partial charge < -0.3 is 9.47 Å². The third kappa shape index (κ3) is 4.03. The molecule has 0 saturated carbocycles. The third-order valence-electron chi connectivity index (χ3n) is 1.58. The molecule has 0 amide bonds. The van der Waals surface area contributed by atoms with Gasteiger partial charge >= 0.3 is 5.97 Å². The second-order valence-corrected chi connectivity index (χ2v) is 2.70. The molecular weight excluding hydrogens is 201 g/mol. The molecule has 1 aromatic rings. The van der Waals surface area contributed by atoms with Crippen LogP contribution in [0.25, 0.3) is 0 Å². The van der Waals surface area contributed by atoms with Gasteiger partial charge in [-0.2, -0.15) is 0 Å². The summed E-state index contributed by atoms with van der Waals surface area (Å²) in [5.74, 6) is -1.01. The number of nitrogens with zero attached hydrogens (tertiary/aromatic N) is 1. The van der Waals surface area contributed by atoms with Gasteiger partial charge in [-0.15, -0.1) is 0 Å². The van der Waals surface area contributed by atoms with Crippen molar-refractivity contribution in [3.63, 3.8) is 0 Å². The predicted molar refractivity (Wildman–Crippen MR) is 50.6 cm³/mol. The maximum atomic E-state index is 12.9. The molecule has 82 valence electrons. The van der Waals surface area contributed by atoms with E-state index in [1.54, 1.807) is 31.3 Å². The molecule has 0 radical (unpaired) electrons. The fourth-order valence-electron chi connectivity index (χ4n) is 0.918. The van der Waals surface area contributed by atoms with Crippen molar-refractivity contribution in [1.29, 1.82) is 0 Å². The lowest BCUT2D eigenvalue weighted by atomic mass is 10.4. The van der Waals surface area contributed by atoms with Gasteiger partial charge in [0, 0.05) is 6.20 Å². The van der Waals surface area contributed by atoms with Crippen molar-refractivity contribution in [2.24, 2.45) is 0 Å². The van der Waals surface area contributed by atoms with Crippen LogP contribution in [-0.4, -0.2) is 23.9 Å². The molecule has 1 rings (SSSR count). The van der Waals surface area contributed by atoms with E-state index in [2.05, 4.69) is 14.5 Å². The van der Waals surface area contributed by atoms with Crippen molar-refractivity contribution < 1.29 is 18.7 Å². The summed E-state index contributed by atoms with van der Waals surface area (Å²) in [6.07, 6.45) is -0.483. The summed E-state index contributed by atoms with van der Waals surface area (Å²) >= 11 is 0. The van der Waals surface area contributed by atoms with Crippen LogP contribution < -0.4 is 0 Å². The van der Waals surface area contributed by atoms with Gasteiger partial charge in [-0.1, -0.05) is 6.07 Å². The van der Waals surface area contributed by atoms with Crippen LogP contribution >= 0.6 is 0 Å². The Hall–Kier alpha value is -1.49. The topological polar surface area (TPSA) is 48.4 Å². The number of rotatable bonds is 5. The number of hydrogen-bond acceptors (Lipinski definition) is 4. The second kappa shape index (κ2) is 6.08. The first kappa shape index (κ1) is 11.6. The van der Waals surface area contributed by atoms with Gasteiger partial charge in [0.15, 0.2) is 0 Å². The Balaban J connectivity index is 2.34. The molecular formula is C10H12FNO3. The van der Waals surface area contributed by atoms with E-state index in [1.807, 2.05) is 0 Å². The first-order valence-corrected chi connectivity index (χ1v) is 4.56. The zero-order chi connectivity index (χ0) is 11.1. The van der Waals surface area contributed by atoms with Gasteiger partial charge in [0.1, 0.15) is 0 Å². The fraction of sp³-hybridized carbons (Fsp3) is 0.400. The van der Waals surface area contributed by atoms with E-state index >= 15 is 0 Å². The van der Waals surface area contributed by atoms with E-state index in [9.17, 15) is 9.18 Å². The molecule has 1 unspecified atom stereocenters. The van der Waals surface area contributed by atoms with Crippen molar-refractivity contribution >= 4 is 5.97 Å². The van der Waals surface area contributed by atoms with Crippen LogP contribution in [0, 0.1) is 0 Å². The first-order valence-electron chi connectivity index (χ1n) is 4.56. The van der Waals surface area contributed by atoms with Crippen LogP contribution in [0.4, 0.5) is 4.39 Å². The van der Waals surface area contributed by atoms with Crippen molar-refractivity contribution in [3.05, 3.63) is 30.1 Å². The van der Waals surface area contributed by atoms with E-state index in [0.717, 1.165) is 0 Å². The summed E-state index contributed by atoms with van der Waals surface area (Å²) in [6.45, 7) is 1.68. The van der Waals surface area contributed by atoms with Gasteiger partial charge in [0.25, 0.3) is 6.36 Å². The van der Waals surface area contributed by atoms with Gasteiger partial charge in [-0.05, 0) is 19.1 Å². The van der Waals surface area contributed by atoms with Crippen molar-refractivity contribution in [1.82, 2.24) is 4.98 Å². The molecule has 1 aromatic heterocycles. The van der Waals surface area contributed by atoms with E-state index in [0.29, 0.717) is 5.69 Å². The highest BCUT2D eigenvalue weighted by Crippen LogP contribution is 2.03. The highest BCUT2D eigenvalue weighted by molar-refractivity contribution is 5.72. The Bertz CT molecular complexity index is 305. The first-order chi connectivity index (χ1) is 7.24. The number of carbonyl (C=O) groups excluding carboxylic acids is 1. The average Bonchev–Trinajstić information content (AvgIpc) is 2.27. The summed E-state index contributed by atoms with van der Waals surface area (Å²) in [6, 6.07) is 5.17. The molecule has 1 heterocycles. The number of esters is 1. The standard InChI is InChI=1S/C10H12FNO3/c1-2-14-10(13)9(11)15-7-8-5-3-4-6-12-8/h3-6,9H,2,7H2,1H3. The number of ether oxygens (including phenoxy) is 2. The maximum absolute atomic E-state index is 12.9. The summed E-state index contributed by atoms with van der Waals surface area (Å²) in [4.78, 5) is 14.7. The minimum Gasteiger partial charge on any atom is -0.462 e. The lowest BCUT2D eigenvalue weighted by Crippen LogP contribution is -2.22. The lowest BCUT2D eigenvalue weighted by molar-refractivity contribution is -0.171. The van der Waals surface area contributed by atoms with Crippen LogP contribution in [0.2, 0.25) is 0 Å². The molecule has 0 aromatic carbocycles. The Morgan fingerprint density at radius 3 is 3.00 bits per heavy atom. The van der Waals surface area contributed by atoms with Crippen molar-refractivity contribution in [2.75, 3.05) is 6.61 Å². The van der Waals surface area contributed by atoms with Gasteiger partial charge in [-0.3, -0.25) is 4.98 Å². The largest absolute Gasteiger partial charge is 0.462 e. The molecule has 4 nitrogen and oxygen atoms in total. The van der Waals surface area contributed by atoms with Crippen LogP contribution in [-0.2, 0) is 20.9 Å². The smallest absolute Gasteiger partial charge is 0.368 e. The number of alkyl halides is 1. The number of carbonyl (C=O) groups is 1. The maximum Gasteiger partial charge on any atom is 0.368 e. The molecule has 1 atom stereocenters. The van der Waals surface area contributed by atoms with Crippen molar-refractivity contribution in [2.45, 2.75) is 19.9 Å². The molecule has 0 saturated heterocycles. The number of halogens is 1. The summed E-state index contributed by atoms with van der Waals surface area (Å²) < 4.78 is 22.0. The Morgan fingerprint density at radius 2 is 2.40 bits per heavy atom. The van der Waals surface area contributed by atoms with Crippen LogP contribution in [0.1, 0.15) is 12.6 Å². The zero-order valence-corrected chi connectivity index (χ0v) is 8.35. The number of pyridine rings is 1. The summed E-state index contributed by atoms with van der Waals surface area (Å²) in [7, 11) is 0. The predicted octanol–water partition coefficient (Wildman–Crippen LogP) is 1.46. The molecule has 0 aliphatic carbocycles. The second-order valence-electron chi connectivity index (χ2n) is 2.70. The van der Waals surface area contributed by atoms with Crippen LogP contribution in [0.15, 0.2) is 24.4 Å². The minimum absolute atomic E-state index is 0.0547. The molecule has 5 heteroatoms. The molecule has 0 fully saturated rings. The number of aromatic nitrogens is 1. The van der Waals surface area contributed by atoms with Gasteiger partial charge in [-0.25, -0.2) is 9.18 Å². The molecule has 0 spiro atoms. The molecule has 0 bridgehead atoms.